The van der Waals surface area contributed by atoms with Crippen LogP contribution in [0.15, 0.2) is 170 Å². The second kappa shape index (κ2) is 12.6. The van der Waals surface area contributed by atoms with Gasteiger partial charge in [-0.1, -0.05) is 170 Å². The van der Waals surface area contributed by atoms with E-state index in [4.69, 9.17) is 21.5 Å². The van der Waals surface area contributed by atoms with Crippen LogP contribution >= 0.6 is 0 Å². The molecule has 0 bridgehead atoms. The van der Waals surface area contributed by atoms with Crippen LogP contribution in [0, 0.1) is 6.57 Å². The summed E-state index contributed by atoms with van der Waals surface area (Å²) in [5, 5.41) is 2.36. The Bertz CT molecular complexity index is 2370. The van der Waals surface area contributed by atoms with Crippen LogP contribution in [0.5, 0.6) is 0 Å². The molecule has 8 aromatic rings. The Morgan fingerprint density at radius 3 is 1.27 bits per heavy atom. The van der Waals surface area contributed by atoms with Crippen LogP contribution in [-0.4, -0.2) is 15.0 Å². The number of benzene rings is 7. The van der Waals surface area contributed by atoms with Crippen molar-refractivity contribution in [1.29, 1.82) is 0 Å². The van der Waals surface area contributed by atoms with Crippen molar-refractivity contribution in [2.75, 3.05) is 0 Å². The number of rotatable bonds is 6. The number of hydrogen-bond donors (Lipinski definition) is 0. The molecule has 0 radical (unpaired) electrons. The molecule has 0 fully saturated rings. The van der Waals surface area contributed by atoms with E-state index in [1.165, 1.54) is 16.3 Å². The van der Waals surface area contributed by atoms with E-state index in [9.17, 15) is 0 Å². The Morgan fingerprint density at radius 2 is 0.708 bits per heavy atom. The maximum Gasteiger partial charge on any atom is 0.187 e. The molecule has 4 heteroatoms. The van der Waals surface area contributed by atoms with Gasteiger partial charge in [0.2, 0.25) is 0 Å². The molecule has 0 atom stereocenters. The molecule has 1 aromatic heterocycles. The molecule has 0 aliphatic rings. The van der Waals surface area contributed by atoms with Crippen molar-refractivity contribution in [1.82, 2.24) is 15.0 Å². The maximum atomic E-state index is 7.33. The largest absolute Gasteiger partial charge is 0.238 e. The van der Waals surface area contributed by atoms with E-state index in [1.54, 1.807) is 0 Å². The molecule has 0 unspecified atom stereocenters. The molecule has 0 saturated carbocycles. The van der Waals surface area contributed by atoms with E-state index in [1.807, 2.05) is 84.9 Å². The fourth-order valence-electron chi connectivity index (χ4n) is 6.21. The molecule has 0 spiro atoms. The molecule has 0 amide bonds. The third-order valence-electron chi connectivity index (χ3n) is 8.60. The topological polar surface area (TPSA) is 43.0 Å². The lowest BCUT2D eigenvalue weighted by Gasteiger charge is -2.15. The number of hydrogen-bond acceptors (Lipinski definition) is 3. The Kier molecular flexibility index (Phi) is 7.54. The van der Waals surface area contributed by atoms with Crippen molar-refractivity contribution in [2.45, 2.75) is 0 Å². The van der Waals surface area contributed by atoms with Gasteiger partial charge in [0, 0.05) is 16.7 Å². The highest BCUT2D eigenvalue weighted by atomic mass is 15.0. The fourth-order valence-corrected chi connectivity index (χ4v) is 6.21. The van der Waals surface area contributed by atoms with E-state index >= 15 is 0 Å². The molecule has 1 heterocycles. The highest BCUT2D eigenvalue weighted by Crippen LogP contribution is 2.40. The standard InChI is InChI=1S/C44H28N4/c1-45-35-26-24-31(25-27-35)36-16-8-9-17-38(36)41-29-28-37(39-18-10-11-19-40(39)41)30-20-22-34(23-21-30)44-47-42(32-12-4-2-5-13-32)46-43(48-44)33-14-6-3-7-15-33/h2-29H. The molecule has 0 N–H and O–H groups in total. The summed E-state index contributed by atoms with van der Waals surface area (Å²) in [6, 6.07) is 57.9. The van der Waals surface area contributed by atoms with E-state index in [2.05, 4.69) is 89.8 Å². The lowest BCUT2D eigenvalue weighted by Crippen LogP contribution is -2.00. The first kappa shape index (κ1) is 28.8. The van der Waals surface area contributed by atoms with Crippen LogP contribution in [0.25, 0.3) is 83.2 Å². The van der Waals surface area contributed by atoms with Gasteiger partial charge in [-0.2, -0.15) is 0 Å². The zero-order valence-electron chi connectivity index (χ0n) is 26.0. The molecule has 0 saturated heterocycles. The lowest BCUT2D eigenvalue weighted by atomic mass is 9.88. The summed E-state index contributed by atoms with van der Waals surface area (Å²) in [5.41, 5.74) is 10.3. The first-order valence-corrected chi connectivity index (χ1v) is 15.8. The predicted molar refractivity (Wildman–Crippen MR) is 196 cm³/mol. The number of aromatic nitrogens is 3. The van der Waals surface area contributed by atoms with Crippen LogP contribution in [0.1, 0.15) is 0 Å². The molecule has 0 aliphatic carbocycles. The van der Waals surface area contributed by atoms with Crippen LogP contribution < -0.4 is 0 Å². The van der Waals surface area contributed by atoms with Crippen molar-refractivity contribution in [2.24, 2.45) is 0 Å². The highest BCUT2D eigenvalue weighted by molar-refractivity contribution is 6.07. The molecular formula is C44H28N4. The van der Waals surface area contributed by atoms with Gasteiger partial charge in [-0.05, 0) is 44.2 Å². The number of nitrogens with zero attached hydrogens (tertiary/aromatic N) is 4. The quantitative estimate of drug-likeness (QED) is 0.175. The van der Waals surface area contributed by atoms with Gasteiger partial charge in [0.25, 0.3) is 0 Å². The van der Waals surface area contributed by atoms with Crippen LogP contribution in [0.3, 0.4) is 0 Å². The average Bonchev–Trinajstić information content (AvgIpc) is 3.18. The third-order valence-corrected chi connectivity index (χ3v) is 8.60. The highest BCUT2D eigenvalue weighted by Gasteiger charge is 2.15. The van der Waals surface area contributed by atoms with E-state index in [-0.39, 0.29) is 0 Å². The minimum absolute atomic E-state index is 0.635. The van der Waals surface area contributed by atoms with Crippen molar-refractivity contribution in [3.8, 4) is 67.5 Å². The van der Waals surface area contributed by atoms with Gasteiger partial charge in [0.05, 0.1) is 6.57 Å². The second-order valence-corrected chi connectivity index (χ2v) is 11.5. The summed E-state index contributed by atoms with van der Waals surface area (Å²) in [5.74, 6) is 1.93. The van der Waals surface area contributed by atoms with Gasteiger partial charge >= 0.3 is 0 Å². The monoisotopic (exact) mass is 612 g/mol. The minimum atomic E-state index is 0.635. The Labute approximate surface area is 279 Å². The fraction of sp³-hybridized carbons (Fsp3) is 0. The normalized spacial score (nSPS) is 10.9. The molecule has 0 aliphatic heterocycles. The van der Waals surface area contributed by atoms with Gasteiger partial charge in [0.15, 0.2) is 23.2 Å². The first-order chi connectivity index (χ1) is 23.7. The minimum Gasteiger partial charge on any atom is -0.238 e. The Morgan fingerprint density at radius 1 is 0.312 bits per heavy atom. The van der Waals surface area contributed by atoms with Gasteiger partial charge < -0.3 is 0 Å². The maximum absolute atomic E-state index is 7.33. The molecule has 4 nitrogen and oxygen atoms in total. The van der Waals surface area contributed by atoms with Crippen molar-refractivity contribution in [3.05, 3.63) is 181 Å². The van der Waals surface area contributed by atoms with Crippen LogP contribution in [0.2, 0.25) is 0 Å². The Balaban J connectivity index is 1.19. The first-order valence-electron chi connectivity index (χ1n) is 15.8. The smallest absolute Gasteiger partial charge is 0.187 e. The van der Waals surface area contributed by atoms with Gasteiger partial charge in [-0.25, -0.2) is 19.8 Å². The van der Waals surface area contributed by atoms with Crippen molar-refractivity contribution < 1.29 is 0 Å². The van der Waals surface area contributed by atoms with Gasteiger partial charge in [-0.15, -0.1) is 0 Å². The predicted octanol–water partition coefficient (Wildman–Crippen LogP) is 11.6. The average molecular weight is 613 g/mol. The summed E-state index contributed by atoms with van der Waals surface area (Å²) < 4.78 is 0. The van der Waals surface area contributed by atoms with E-state index < -0.39 is 0 Å². The summed E-state index contributed by atoms with van der Waals surface area (Å²) in [7, 11) is 0. The summed E-state index contributed by atoms with van der Waals surface area (Å²) in [6.07, 6.45) is 0. The van der Waals surface area contributed by atoms with Crippen LogP contribution in [0.4, 0.5) is 5.69 Å². The van der Waals surface area contributed by atoms with E-state index in [0.717, 1.165) is 44.5 Å². The zero-order valence-corrected chi connectivity index (χ0v) is 26.0. The molecule has 224 valence electrons. The Hall–Kier alpha value is -6.70. The molecular weight excluding hydrogens is 585 g/mol. The summed E-state index contributed by atoms with van der Waals surface area (Å²) >= 11 is 0. The van der Waals surface area contributed by atoms with E-state index in [0.29, 0.717) is 23.2 Å². The molecule has 7 aromatic carbocycles. The van der Waals surface area contributed by atoms with Crippen molar-refractivity contribution in [3.63, 3.8) is 0 Å². The lowest BCUT2D eigenvalue weighted by molar-refractivity contribution is 1.07. The van der Waals surface area contributed by atoms with Crippen molar-refractivity contribution >= 4 is 16.5 Å². The molecule has 8 rings (SSSR count). The van der Waals surface area contributed by atoms with Gasteiger partial charge in [0.1, 0.15) is 0 Å². The second-order valence-electron chi connectivity index (χ2n) is 11.5. The zero-order chi connectivity index (χ0) is 32.3. The van der Waals surface area contributed by atoms with Gasteiger partial charge in [-0.3, -0.25) is 0 Å². The summed E-state index contributed by atoms with van der Waals surface area (Å²) in [4.78, 5) is 18.2. The molecule has 48 heavy (non-hydrogen) atoms. The SMILES string of the molecule is [C-]#[N+]c1ccc(-c2ccccc2-c2ccc(-c3ccc(-c4nc(-c5ccccc5)nc(-c5ccccc5)n4)cc3)c3ccccc23)cc1. The number of fused-ring (bicyclic) bond motifs is 1. The summed E-state index contributed by atoms with van der Waals surface area (Å²) in [6.45, 7) is 7.33. The third kappa shape index (κ3) is 5.51. The van der Waals surface area contributed by atoms with Crippen LogP contribution in [-0.2, 0) is 0 Å².